The van der Waals surface area contributed by atoms with Crippen molar-refractivity contribution in [1.29, 1.82) is 0 Å². The van der Waals surface area contributed by atoms with Crippen LogP contribution in [0.5, 0.6) is 5.88 Å². The van der Waals surface area contributed by atoms with E-state index in [1.165, 1.54) is 27.8 Å². The van der Waals surface area contributed by atoms with Crippen LogP contribution >= 0.6 is 15.9 Å². The Morgan fingerprint density at radius 3 is 2.47 bits per heavy atom. The number of nitrogen functional groups attached to an aromatic ring is 1. The van der Waals surface area contributed by atoms with Crippen molar-refractivity contribution in [2.75, 3.05) is 36.9 Å². The maximum Gasteiger partial charge on any atom is 0.429 e. The molecule has 2 aliphatic rings. The predicted molar refractivity (Wildman–Crippen MR) is 184 cm³/mol. The lowest BCUT2D eigenvalue weighted by Gasteiger charge is -2.39. The number of alkyl halides is 3. The first-order valence-electron chi connectivity index (χ1n) is 16.4. The summed E-state index contributed by atoms with van der Waals surface area (Å²) in [5.74, 6) is -0.798. The van der Waals surface area contributed by atoms with Gasteiger partial charge in [0.25, 0.3) is 0 Å². The molecule has 0 saturated carbocycles. The van der Waals surface area contributed by atoms with E-state index in [9.17, 15) is 22.8 Å². The van der Waals surface area contributed by atoms with Gasteiger partial charge in [0.15, 0.2) is 0 Å². The van der Waals surface area contributed by atoms with E-state index < -0.39 is 35.8 Å². The van der Waals surface area contributed by atoms with E-state index in [4.69, 9.17) is 19.9 Å². The molecular weight excluding hydrogens is 735 g/mol. The summed E-state index contributed by atoms with van der Waals surface area (Å²) in [5.41, 5.74) is 7.06. The van der Waals surface area contributed by atoms with E-state index in [1.807, 2.05) is 35.2 Å². The number of nitrogens with zero attached hydrogens (tertiary/aromatic N) is 6. The Hall–Kier alpha value is -4.86. The highest BCUT2D eigenvalue weighted by atomic mass is 79.9. The summed E-state index contributed by atoms with van der Waals surface area (Å²) in [6, 6.07) is 16.0. The van der Waals surface area contributed by atoms with E-state index in [-0.39, 0.29) is 42.8 Å². The third-order valence-electron chi connectivity index (χ3n) is 9.14. The van der Waals surface area contributed by atoms with Gasteiger partial charge in [-0.05, 0) is 68.4 Å². The quantitative estimate of drug-likeness (QED) is 0.186. The number of aromatic nitrogens is 4. The average molecular weight is 773 g/mol. The number of carbonyl (C=O) groups excluding carboxylic acids is 2. The molecular formula is C35H37BrF3N7O5. The molecule has 2 N–H and O–H groups in total. The van der Waals surface area contributed by atoms with Gasteiger partial charge < -0.3 is 24.8 Å². The van der Waals surface area contributed by atoms with Crippen LogP contribution in [0.3, 0.4) is 0 Å². The summed E-state index contributed by atoms with van der Waals surface area (Å²) in [4.78, 5) is 37.9. The normalized spacial score (nSPS) is 17.7. The van der Waals surface area contributed by atoms with Gasteiger partial charge in [-0.3, -0.25) is 4.90 Å². The summed E-state index contributed by atoms with van der Waals surface area (Å²) < 4.78 is 62.3. The second-order valence-corrected chi connectivity index (χ2v) is 13.6. The molecule has 270 valence electrons. The minimum absolute atomic E-state index is 0.0625. The van der Waals surface area contributed by atoms with Gasteiger partial charge in [-0.25, -0.2) is 14.3 Å². The molecule has 2 aliphatic heterocycles. The first kappa shape index (κ1) is 35.9. The zero-order valence-electron chi connectivity index (χ0n) is 28.0. The first-order chi connectivity index (χ1) is 24.3. The second-order valence-electron chi connectivity index (χ2n) is 12.7. The van der Waals surface area contributed by atoms with Gasteiger partial charge in [-0.15, -0.1) is 0 Å². The average Bonchev–Trinajstić information content (AvgIpc) is 3.70. The number of amides is 1. The fourth-order valence-corrected chi connectivity index (χ4v) is 7.02. The van der Waals surface area contributed by atoms with Crippen molar-refractivity contribution in [1.82, 2.24) is 24.6 Å². The van der Waals surface area contributed by atoms with Crippen molar-refractivity contribution in [2.45, 2.75) is 58.0 Å². The zero-order chi connectivity index (χ0) is 36.3. The zero-order valence-corrected chi connectivity index (χ0v) is 29.6. The number of carbonyl (C=O) groups is 2. The van der Waals surface area contributed by atoms with Gasteiger partial charge in [0.05, 0.1) is 18.0 Å². The summed E-state index contributed by atoms with van der Waals surface area (Å²) in [6.45, 7) is 4.82. The number of halogens is 4. The van der Waals surface area contributed by atoms with Gasteiger partial charge in [-0.2, -0.15) is 28.2 Å². The number of rotatable bonds is 9. The molecule has 51 heavy (non-hydrogen) atoms. The molecule has 0 aliphatic carbocycles. The lowest BCUT2D eigenvalue weighted by atomic mass is 9.76. The number of hydrogen-bond acceptors (Lipinski definition) is 10. The summed E-state index contributed by atoms with van der Waals surface area (Å²) in [5, 5.41) is 4.29. The minimum atomic E-state index is -4.83. The first-order valence-corrected chi connectivity index (χ1v) is 17.2. The maximum absolute atomic E-state index is 14.7. The molecule has 2 aromatic carbocycles. The topological polar surface area (TPSA) is 138 Å². The van der Waals surface area contributed by atoms with Crippen molar-refractivity contribution < 1.29 is 37.0 Å². The van der Waals surface area contributed by atoms with Crippen LogP contribution in [0.25, 0.3) is 5.69 Å². The van der Waals surface area contributed by atoms with E-state index >= 15 is 0 Å². The van der Waals surface area contributed by atoms with E-state index in [2.05, 4.69) is 31.0 Å². The van der Waals surface area contributed by atoms with Gasteiger partial charge in [0.2, 0.25) is 17.9 Å². The number of esters is 1. The molecule has 1 amide bonds. The Morgan fingerprint density at radius 1 is 1.06 bits per heavy atom. The SMILES string of the molecule is CCOC(=O)C1CC2(CCN(c3cc(O[C@H](c4cc(Br)ccc4-n4ccc(C)n4)C(F)(F)F)nc(N)n3)CC2)CN1C(=O)OCc1ccccc1. The molecule has 0 radical (unpaired) electrons. The standard InChI is InChI=1S/C35H37BrF3N7O5/c1-3-49-31(47)27-19-34(21-45(27)33(48)50-20-23-7-5-4-6-8-23)12-15-44(16-13-34)28-18-29(42-32(40)41-28)51-30(35(37,38)39)25-17-24(36)9-10-26(25)46-14-11-22(2)43-46/h4-11,14,17-18,27,30H,3,12-13,15-16,19-21H2,1-2H3,(H2,40,41,42)/t27?,30-/m1/s1. The number of piperidine rings is 1. The molecule has 4 aromatic rings. The molecule has 2 saturated heterocycles. The Bertz CT molecular complexity index is 1870. The predicted octanol–water partition coefficient (Wildman–Crippen LogP) is 6.56. The Balaban J connectivity index is 1.19. The number of benzene rings is 2. The van der Waals surface area contributed by atoms with Crippen LogP contribution in [-0.2, 0) is 20.9 Å². The van der Waals surface area contributed by atoms with E-state index in [1.54, 1.807) is 32.2 Å². The number of nitrogens with two attached hydrogens (primary N) is 1. The Morgan fingerprint density at radius 2 is 1.80 bits per heavy atom. The Labute approximate surface area is 300 Å². The number of ether oxygens (including phenoxy) is 3. The largest absolute Gasteiger partial charge is 0.464 e. The fourth-order valence-electron chi connectivity index (χ4n) is 6.65. The van der Waals surface area contributed by atoms with Gasteiger partial charge in [0.1, 0.15) is 18.5 Å². The smallest absolute Gasteiger partial charge is 0.429 e. The maximum atomic E-state index is 14.7. The highest BCUT2D eigenvalue weighted by Gasteiger charge is 2.51. The van der Waals surface area contributed by atoms with Gasteiger partial charge in [-0.1, -0.05) is 46.3 Å². The second kappa shape index (κ2) is 14.8. The molecule has 2 fully saturated rings. The summed E-state index contributed by atoms with van der Waals surface area (Å²) >= 11 is 3.28. The Kier molecular flexibility index (Phi) is 10.4. The van der Waals surface area contributed by atoms with Crippen molar-refractivity contribution in [2.24, 2.45) is 5.41 Å². The lowest BCUT2D eigenvalue weighted by molar-refractivity contribution is -0.198. The monoisotopic (exact) mass is 771 g/mol. The number of aryl methyl sites for hydroxylation is 1. The van der Waals surface area contributed by atoms with Gasteiger partial charge in [0, 0.05) is 41.9 Å². The minimum Gasteiger partial charge on any atom is -0.464 e. The molecule has 4 heterocycles. The molecule has 12 nitrogen and oxygen atoms in total. The van der Waals surface area contributed by atoms with E-state index in [0.717, 1.165) is 5.56 Å². The van der Waals surface area contributed by atoms with Crippen LogP contribution in [0.1, 0.15) is 49.1 Å². The molecule has 2 aromatic heterocycles. The molecule has 6 rings (SSSR count). The number of anilines is 2. The van der Waals surface area contributed by atoms with Crippen LogP contribution in [0.15, 0.2) is 71.3 Å². The molecule has 2 atom stereocenters. The molecule has 16 heteroatoms. The van der Waals surface area contributed by atoms with Crippen molar-refractivity contribution in [3.63, 3.8) is 0 Å². The van der Waals surface area contributed by atoms with Gasteiger partial charge >= 0.3 is 18.2 Å². The third kappa shape index (κ3) is 8.21. The van der Waals surface area contributed by atoms with Crippen LogP contribution < -0.4 is 15.4 Å². The van der Waals surface area contributed by atoms with Crippen molar-refractivity contribution in [3.05, 3.63) is 88.2 Å². The summed E-state index contributed by atoms with van der Waals surface area (Å²) in [6.07, 6.45) is -4.77. The van der Waals surface area contributed by atoms with Crippen LogP contribution in [-0.4, -0.2) is 75.2 Å². The highest BCUT2D eigenvalue weighted by molar-refractivity contribution is 9.10. The lowest BCUT2D eigenvalue weighted by Crippen LogP contribution is -2.43. The number of likely N-dealkylation sites (tertiary alicyclic amines) is 1. The van der Waals surface area contributed by atoms with Crippen molar-refractivity contribution >= 4 is 39.8 Å². The highest BCUT2D eigenvalue weighted by Crippen LogP contribution is 2.45. The number of hydrogen-bond donors (Lipinski definition) is 1. The fraction of sp³-hybridized carbons (Fsp3) is 0.400. The van der Waals surface area contributed by atoms with Crippen LogP contribution in [0, 0.1) is 12.3 Å². The van der Waals surface area contributed by atoms with Crippen molar-refractivity contribution in [3.8, 4) is 11.6 Å². The molecule has 0 bridgehead atoms. The summed E-state index contributed by atoms with van der Waals surface area (Å²) in [7, 11) is 0. The third-order valence-corrected chi connectivity index (χ3v) is 9.63. The van der Waals surface area contributed by atoms with E-state index in [0.29, 0.717) is 48.3 Å². The molecule has 1 spiro atoms. The molecule has 1 unspecified atom stereocenters. The van der Waals surface area contributed by atoms with Crippen LogP contribution in [0.4, 0.5) is 29.7 Å². The van der Waals surface area contributed by atoms with Crippen LogP contribution in [0.2, 0.25) is 0 Å².